The maximum absolute atomic E-state index is 11.1. The van der Waals surface area contributed by atoms with Gasteiger partial charge in [-0.25, -0.2) is 0 Å². The van der Waals surface area contributed by atoms with Crippen molar-refractivity contribution < 1.29 is 15.0 Å². The van der Waals surface area contributed by atoms with Crippen LogP contribution in [0.25, 0.3) is 0 Å². The van der Waals surface area contributed by atoms with E-state index in [1.54, 1.807) is 12.2 Å². The summed E-state index contributed by atoms with van der Waals surface area (Å²) in [5.74, 6) is -1.02. The van der Waals surface area contributed by atoms with Crippen molar-refractivity contribution in [1.29, 1.82) is 0 Å². The van der Waals surface area contributed by atoms with E-state index >= 15 is 0 Å². The summed E-state index contributed by atoms with van der Waals surface area (Å²) in [6, 6.07) is 0. The van der Waals surface area contributed by atoms with Crippen molar-refractivity contribution in [3.63, 3.8) is 0 Å². The van der Waals surface area contributed by atoms with Gasteiger partial charge < -0.3 is 15.5 Å². The van der Waals surface area contributed by atoms with Crippen LogP contribution in [0.2, 0.25) is 0 Å². The average Bonchev–Trinajstić information content (AvgIpc) is 2.64. The Morgan fingerprint density at radius 2 is 2.43 bits per heavy atom. The fourth-order valence-electron chi connectivity index (χ4n) is 1.83. The molecule has 1 aliphatic carbocycles. The first-order valence-electron chi connectivity index (χ1n) is 4.39. The summed E-state index contributed by atoms with van der Waals surface area (Å²) in [6.45, 7) is 0.210. The second-order valence-corrected chi connectivity index (χ2v) is 3.37. The lowest BCUT2D eigenvalue weighted by Gasteiger charge is -2.28. The number of nitrogens with one attached hydrogen (secondary N) is 1. The molecule has 0 aromatic rings. The Labute approximate surface area is 81.2 Å². The van der Waals surface area contributed by atoms with Crippen molar-refractivity contribution in [2.75, 3.05) is 13.2 Å². The zero-order valence-corrected chi connectivity index (χ0v) is 7.53. The van der Waals surface area contributed by atoms with Crippen LogP contribution < -0.4 is 5.32 Å². The summed E-state index contributed by atoms with van der Waals surface area (Å²) in [5.41, 5.74) is 0.201. The third-order valence-corrected chi connectivity index (χ3v) is 2.64. The minimum absolute atomic E-state index is 0.413. The molecule has 0 bridgehead atoms. The predicted molar refractivity (Wildman–Crippen MR) is 50.5 cm³/mol. The topological polar surface area (TPSA) is 69.6 Å². The number of hydrogen-bond acceptors (Lipinski definition) is 3. The van der Waals surface area contributed by atoms with Gasteiger partial charge in [-0.15, -0.1) is 0 Å². The van der Waals surface area contributed by atoms with Gasteiger partial charge in [0.15, 0.2) is 0 Å². The third-order valence-electron chi connectivity index (χ3n) is 2.64. The molecule has 0 radical (unpaired) electrons. The highest BCUT2D eigenvalue weighted by atomic mass is 16.4. The Morgan fingerprint density at radius 1 is 1.64 bits per heavy atom. The van der Waals surface area contributed by atoms with E-state index in [0.29, 0.717) is 12.1 Å². The van der Waals surface area contributed by atoms with Crippen molar-refractivity contribution in [2.24, 2.45) is 5.41 Å². The molecule has 0 fully saturated rings. The van der Waals surface area contributed by atoms with Gasteiger partial charge in [-0.1, -0.05) is 18.2 Å². The largest absolute Gasteiger partial charge is 0.480 e. The highest BCUT2D eigenvalue weighted by Gasteiger charge is 2.43. The molecule has 0 amide bonds. The van der Waals surface area contributed by atoms with Crippen LogP contribution >= 0.6 is 0 Å². The molecule has 0 saturated carbocycles. The molecule has 4 heteroatoms. The van der Waals surface area contributed by atoms with Crippen molar-refractivity contribution >= 4 is 5.97 Å². The monoisotopic (exact) mass is 193 g/mol. The fourth-order valence-corrected chi connectivity index (χ4v) is 1.83. The van der Waals surface area contributed by atoms with Gasteiger partial charge in [0.2, 0.25) is 0 Å². The summed E-state index contributed by atoms with van der Waals surface area (Å²) >= 11 is 0. The number of hydrogen-bond donors (Lipinski definition) is 3. The van der Waals surface area contributed by atoms with Gasteiger partial charge >= 0.3 is 5.97 Å². The molecule has 2 aliphatic rings. The van der Waals surface area contributed by atoms with Crippen LogP contribution in [0.1, 0.15) is 0 Å². The Bertz CT molecular complexity index is 368. The number of allylic oxidation sites excluding steroid dienone is 3. The molecule has 1 unspecified atom stereocenters. The van der Waals surface area contributed by atoms with Crippen LogP contribution in [0.15, 0.2) is 35.6 Å². The smallest absolute Gasteiger partial charge is 0.320 e. The fraction of sp³-hybridized carbons (Fsp3) is 0.300. The van der Waals surface area contributed by atoms with E-state index in [0.717, 1.165) is 5.70 Å². The van der Waals surface area contributed by atoms with E-state index in [-0.39, 0.29) is 0 Å². The predicted octanol–water partition coefficient (Wildman–Crippen LogP) is 0.0330. The Morgan fingerprint density at radius 3 is 3.07 bits per heavy atom. The van der Waals surface area contributed by atoms with Gasteiger partial charge in [-0.05, 0) is 11.6 Å². The van der Waals surface area contributed by atoms with Crippen molar-refractivity contribution in [2.45, 2.75) is 0 Å². The normalized spacial score (nSPS) is 28.9. The number of aliphatic hydroxyl groups excluding tert-OH is 1. The van der Waals surface area contributed by atoms with E-state index in [4.69, 9.17) is 5.11 Å². The molecule has 14 heavy (non-hydrogen) atoms. The van der Waals surface area contributed by atoms with Crippen LogP contribution in [0.3, 0.4) is 0 Å². The molecular formula is C10H11NO3. The first-order chi connectivity index (χ1) is 6.70. The van der Waals surface area contributed by atoms with E-state index in [1.807, 2.05) is 6.08 Å². The van der Waals surface area contributed by atoms with Crippen molar-refractivity contribution in [3.8, 4) is 0 Å². The summed E-state index contributed by atoms with van der Waals surface area (Å²) in [5, 5.41) is 21.4. The average molecular weight is 193 g/mol. The summed E-state index contributed by atoms with van der Waals surface area (Å²) < 4.78 is 0. The van der Waals surface area contributed by atoms with Gasteiger partial charge in [-0.3, -0.25) is 4.79 Å². The zero-order chi connectivity index (χ0) is 10.2. The van der Waals surface area contributed by atoms with E-state index in [2.05, 4.69) is 5.32 Å². The molecular weight excluding hydrogens is 182 g/mol. The lowest BCUT2D eigenvalue weighted by atomic mass is 9.77. The second kappa shape index (κ2) is 2.99. The van der Waals surface area contributed by atoms with Crippen LogP contribution in [-0.2, 0) is 4.79 Å². The molecule has 3 N–H and O–H groups in total. The second-order valence-electron chi connectivity index (χ2n) is 3.37. The third kappa shape index (κ3) is 1.01. The first-order valence-corrected chi connectivity index (χ1v) is 4.39. The van der Waals surface area contributed by atoms with Gasteiger partial charge in [0.1, 0.15) is 5.41 Å². The Kier molecular flexibility index (Phi) is 1.93. The van der Waals surface area contributed by atoms with Crippen molar-refractivity contribution in [1.82, 2.24) is 5.32 Å². The number of aliphatic hydroxyl groups is 1. The van der Waals surface area contributed by atoms with Gasteiger partial charge in [-0.2, -0.15) is 0 Å². The van der Waals surface area contributed by atoms with E-state index in [9.17, 15) is 9.90 Å². The highest BCUT2D eigenvalue weighted by molar-refractivity contribution is 5.84. The van der Waals surface area contributed by atoms with Crippen LogP contribution in [0.5, 0.6) is 0 Å². The number of carbonyl (C=O) groups is 1. The van der Waals surface area contributed by atoms with Crippen LogP contribution in [-0.4, -0.2) is 29.3 Å². The molecule has 1 atom stereocenters. The standard InChI is InChI=1S/C10H11NO3/c12-6-10(9(13)14)4-1-2-8-7(10)3-5-11-8/h1-4,11-12H,5-6H2,(H,13,14). The van der Waals surface area contributed by atoms with Crippen molar-refractivity contribution in [3.05, 3.63) is 35.6 Å². The van der Waals surface area contributed by atoms with Gasteiger partial charge in [0, 0.05) is 12.2 Å². The molecule has 1 heterocycles. The summed E-state index contributed by atoms with van der Waals surface area (Å²) in [6.07, 6.45) is 6.81. The minimum atomic E-state index is -1.26. The Hall–Kier alpha value is -1.55. The van der Waals surface area contributed by atoms with E-state index < -0.39 is 18.0 Å². The number of aliphatic carboxylic acids is 1. The number of rotatable bonds is 2. The molecule has 0 aromatic carbocycles. The lowest BCUT2D eigenvalue weighted by Crippen LogP contribution is -2.37. The molecule has 0 spiro atoms. The minimum Gasteiger partial charge on any atom is -0.480 e. The number of carboxylic acid groups (broad SMARTS) is 1. The van der Waals surface area contributed by atoms with Gasteiger partial charge in [0.05, 0.1) is 6.61 Å². The van der Waals surface area contributed by atoms with Gasteiger partial charge in [0.25, 0.3) is 0 Å². The summed E-state index contributed by atoms with van der Waals surface area (Å²) in [4.78, 5) is 11.1. The maximum atomic E-state index is 11.1. The van der Waals surface area contributed by atoms with Crippen LogP contribution in [0.4, 0.5) is 0 Å². The molecule has 4 nitrogen and oxygen atoms in total. The highest BCUT2D eigenvalue weighted by Crippen LogP contribution is 2.38. The van der Waals surface area contributed by atoms with E-state index in [1.165, 1.54) is 6.08 Å². The molecule has 0 saturated heterocycles. The quantitative estimate of drug-likeness (QED) is 0.579. The van der Waals surface area contributed by atoms with Crippen LogP contribution in [0, 0.1) is 5.41 Å². The molecule has 74 valence electrons. The SMILES string of the molecule is O=C(O)C1(CO)C=CC=C2NCC=C21. The molecule has 2 rings (SSSR count). The molecule has 1 aliphatic heterocycles. The number of fused-ring (bicyclic) bond motifs is 1. The summed E-state index contributed by atoms with van der Waals surface area (Å²) in [7, 11) is 0. The lowest BCUT2D eigenvalue weighted by molar-refractivity contribution is -0.145. The first kappa shape index (κ1) is 9.02. The Balaban J connectivity index is 2.50. The maximum Gasteiger partial charge on any atom is 0.320 e. The molecule has 0 aromatic heterocycles. The number of carboxylic acids is 1. The zero-order valence-electron chi connectivity index (χ0n) is 7.53.